The number of halogens is 1. The van der Waals surface area contributed by atoms with Crippen LogP contribution in [0.3, 0.4) is 0 Å². The van der Waals surface area contributed by atoms with Crippen LogP contribution in [-0.4, -0.2) is 41.3 Å². The summed E-state index contributed by atoms with van der Waals surface area (Å²) < 4.78 is 47.5. The number of benzene rings is 2. The highest BCUT2D eigenvalue weighted by Crippen LogP contribution is 2.22. The van der Waals surface area contributed by atoms with Crippen LogP contribution in [0.5, 0.6) is 0 Å². The lowest BCUT2D eigenvalue weighted by Gasteiger charge is -2.08. The molecule has 1 amide bonds. The molecular formula is C16H16ClNO5S2. The first kappa shape index (κ1) is 19.4. The van der Waals surface area contributed by atoms with E-state index >= 15 is 0 Å². The fourth-order valence-corrected chi connectivity index (χ4v) is 4.56. The molecule has 2 rings (SSSR count). The number of hydrogen-bond acceptors (Lipinski definition) is 5. The molecule has 0 atom stereocenters. The molecule has 25 heavy (non-hydrogen) atoms. The summed E-state index contributed by atoms with van der Waals surface area (Å²) in [7, 11) is -7.09. The van der Waals surface area contributed by atoms with Crippen LogP contribution in [0, 0.1) is 0 Å². The number of rotatable bonds is 6. The number of sulfone groups is 2. The second-order valence-corrected chi connectivity index (χ2v) is 9.81. The van der Waals surface area contributed by atoms with Gasteiger partial charge in [-0.1, -0.05) is 29.8 Å². The molecule has 0 aromatic heterocycles. The molecule has 2 aromatic rings. The molecule has 134 valence electrons. The van der Waals surface area contributed by atoms with E-state index in [2.05, 4.69) is 5.32 Å². The maximum Gasteiger partial charge on any atom is 0.251 e. The Labute approximate surface area is 151 Å². The van der Waals surface area contributed by atoms with Crippen LogP contribution >= 0.6 is 11.6 Å². The molecule has 2 aromatic carbocycles. The Balaban J connectivity index is 2.07. The fraction of sp³-hybridized carbons (Fsp3) is 0.188. The molecule has 0 unspecified atom stereocenters. The second kappa shape index (κ2) is 7.55. The number of nitrogens with one attached hydrogen (secondary N) is 1. The van der Waals surface area contributed by atoms with Gasteiger partial charge in [-0.05, 0) is 30.3 Å². The van der Waals surface area contributed by atoms with E-state index in [4.69, 9.17) is 11.6 Å². The maximum atomic E-state index is 12.1. The zero-order valence-corrected chi connectivity index (χ0v) is 15.7. The van der Waals surface area contributed by atoms with Gasteiger partial charge in [-0.2, -0.15) is 0 Å². The van der Waals surface area contributed by atoms with Gasteiger partial charge in [0.2, 0.25) is 0 Å². The van der Waals surface area contributed by atoms with Crippen molar-refractivity contribution in [1.82, 2.24) is 5.32 Å². The van der Waals surface area contributed by atoms with Gasteiger partial charge in [-0.3, -0.25) is 4.79 Å². The Morgan fingerprint density at radius 3 is 2.28 bits per heavy atom. The molecule has 0 saturated carbocycles. The maximum absolute atomic E-state index is 12.1. The largest absolute Gasteiger partial charge is 0.351 e. The van der Waals surface area contributed by atoms with Crippen molar-refractivity contribution in [3.8, 4) is 0 Å². The normalized spacial score (nSPS) is 11.9. The number of hydrogen-bond donors (Lipinski definition) is 1. The Morgan fingerprint density at radius 2 is 1.68 bits per heavy atom. The van der Waals surface area contributed by atoms with Gasteiger partial charge in [0.1, 0.15) is 0 Å². The molecule has 0 saturated heterocycles. The summed E-state index contributed by atoms with van der Waals surface area (Å²) in [6, 6.07) is 11.8. The number of carbonyl (C=O) groups is 1. The van der Waals surface area contributed by atoms with Gasteiger partial charge in [-0.15, -0.1) is 0 Å². The molecule has 0 fully saturated rings. The van der Waals surface area contributed by atoms with Gasteiger partial charge >= 0.3 is 0 Å². The molecule has 0 aliphatic heterocycles. The average Bonchev–Trinajstić information content (AvgIpc) is 2.54. The fourth-order valence-electron chi connectivity index (χ4n) is 2.08. The predicted octanol–water partition coefficient (Wildman–Crippen LogP) is 1.95. The van der Waals surface area contributed by atoms with E-state index < -0.39 is 25.6 Å². The van der Waals surface area contributed by atoms with Crippen molar-refractivity contribution in [3.63, 3.8) is 0 Å². The third-order valence-corrected chi connectivity index (χ3v) is 6.66. The van der Waals surface area contributed by atoms with Gasteiger partial charge in [0.25, 0.3) is 5.91 Å². The quantitative estimate of drug-likeness (QED) is 0.797. The molecule has 0 heterocycles. The summed E-state index contributed by atoms with van der Waals surface area (Å²) in [6.07, 6.45) is 0.988. The van der Waals surface area contributed by atoms with Crippen LogP contribution in [-0.2, 0) is 19.7 Å². The lowest BCUT2D eigenvalue weighted by molar-refractivity contribution is 0.0956. The highest BCUT2D eigenvalue weighted by Gasteiger charge is 2.17. The van der Waals surface area contributed by atoms with E-state index in [1.54, 1.807) is 18.2 Å². The third-order valence-electron chi connectivity index (χ3n) is 3.35. The zero-order chi connectivity index (χ0) is 18.7. The van der Waals surface area contributed by atoms with E-state index in [1.165, 1.54) is 30.3 Å². The lowest BCUT2D eigenvalue weighted by atomic mass is 10.2. The molecule has 0 radical (unpaired) electrons. The Bertz CT molecular complexity index is 986. The Kier molecular flexibility index (Phi) is 5.87. The topological polar surface area (TPSA) is 97.4 Å². The molecule has 9 heteroatoms. The summed E-state index contributed by atoms with van der Waals surface area (Å²) in [6.45, 7) is -0.104. The van der Waals surface area contributed by atoms with Crippen molar-refractivity contribution in [2.45, 2.75) is 9.79 Å². The van der Waals surface area contributed by atoms with E-state index in [0.29, 0.717) is 0 Å². The lowest BCUT2D eigenvalue weighted by Crippen LogP contribution is -2.29. The van der Waals surface area contributed by atoms with Crippen molar-refractivity contribution < 1.29 is 21.6 Å². The van der Waals surface area contributed by atoms with Crippen LogP contribution in [0.1, 0.15) is 10.4 Å². The molecular weight excluding hydrogens is 386 g/mol. The summed E-state index contributed by atoms with van der Waals surface area (Å²) in [4.78, 5) is 12.1. The van der Waals surface area contributed by atoms with Crippen molar-refractivity contribution in [1.29, 1.82) is 0 Å². The number of carbonyl (C=O) groups excluding carboxylic acids is 1. The van der Waals surface area contributed by atoms with Crippen LogP contribution in [0.25, 0.3) is 0 Å². The van der Waals surface area contributed by atoms with Crippen molar-refractivity contribution in [2.24, 2.45) is 0 Å². The van der Waals surface area contributed by atoms with E-state index in [1.807, 2.05) is 0 Å². The summed E-state index contributed by atoms with van der Waals surface area (Å²) in [5.74, 6) is -0.847. The molecule has 0 aliphatic carbocycles. The van der Waals surface area contributed by atoms with Gasteiger partial charge in [0, 0.05) is 18.4 Å². The van der Waals surface area contributed by atoms with Gasteiger partial charge in [0.15, 0.2) is 19.7 Å². The summed E-state index contributed by atoms with van der Waals surface area (Å²) in [5, 5.41) is 2.49. The van der Waals surface area contributed by atoms with Crippen LogP contribution < -0.4 is 5.32 Å². The highest BCUT2D eigenvalue weighted by atomic mass is 35.5. The summed E-state index contributed by atoms with van der Waals surface area (Å²) in [5.41, 5.74) is 0.0851. The van der Waals surface area contributed by atoms with Crippen LogP contribution in [0.4, 0.5) is 0 Å². The minimum Gasteiger partial charge on any atom is -0.351 e. The first-order chi connectivity index (χ1) is 11.6. The average molecular weight is 402 g/mol. The molecule has 0 spiro atoms. The van der Waals surface area contributed by atoms with Gasteiger partial charge in [0.05, 0.1) is 20.6 Å². The van der Waals surface area contributed by atoms with E-state index in [-0.39, 0.29) is 32.7 Å². The molecule has 1 N–H and O–H groups in total. The van der Waals surface area contributed by atoms with Crippen molar-refractivity contribution in [2.75, 3.05) is 18.6 Å². The smallest absolute Gasteiger partial charge is 0.251 e. The standard InChI is InChI=1S/C16H16ClNO5S2/c1-24(20,21)15-11-12(7-8-14(15)17)16(19)18-9-10-25(22,23)13-5-3-2-4-6-13/h2-8,11H,9-10H2,1H3,(H,18,19). The van der Waals surface area contributed by atoms with Crippen molar-refractivity contribution >= 4 is 37.2 Å². The Morgan fingerprint density at radius 1 is 1.04 bits per heavy atom. The summed E-state index contributed by atoms with van der Waals surface area (Å²) >= 11 is 5.83. The first-order valence-electron chi connectivity index (χ1n) is 7.17. The van der Waals surface area contributed by atoms with Gasteiger partial charge < -0.3 is 5.32 Å². The monoisotopic (exact) mass is 401 g/mol. The van der Waals surface area contributed by atoms with Gasteiger partial charge in [-0.25, -0.2) is 16.8 Å². The molecule has 0 bridgehead atoms. The first-order valence-corrected chi connectivity index (χ1v) is 11.1. The van der Waals surface area contributed by atoms with E-state index in [9.17, 15) is 21.6 Å². The zero-order valence-electron chi connectivity index (χ0n) is 13.3. The number of amides is 1. The minimum atomic E-state index is -3.58. The Hall–Kier alpha value is -1.90. The minimum absolute atomic E-state index is 0.0192. The SMILES string of the molecule is CS(=O)(=O)c1cc(C(=O)NCCS(=O)(=O)c2ccccc2)ccc1Cl. The van der Waals surface area contributed by atoms with Crippen LogP contribution in [0.2, 0.25) is 5.02 Å². The van der Waals surface area contributed by atoms with Crippen molar-refractivity contribution in [3.05, 3.63) is 59.1 Å². The second-order valence-electron chi connectivity index (χ2n) is 5.31. The predicted molar refractivity (Wildman–Crippen MR) is 95.4 cm³/mol. The van der Waals surface area contributed by atoms with Crippen LogP contribution in [0.15, 0.2) is 58.3 Å². The highest BCUT2D eigenvalue weighted by molar-refractivity contribution is 7.91. The molecule has 6 nitrogen and oxygen atoms in total. The third kappa shape index (κ3) is 5.04. The van der Waals surface area contributed by atoms with E-state index in [0.717, 1.165) is 6.26 Å². The molecule has 0 aliphatic rings.